The molecule has 3 N–H and O–H groups in total. The number of nitrogens with one attached hydrogen (secondary N) is 1. The van der Waals surface area contributed by atoms with E-state index in [9.17, 15) is 0 Å². The van der Waals surface area contributed by atoms with Gasteiger partial charge in [-0.25, -0.2) is 4.98 Å². The van der Waals surface area contributed by atoms with Gasteiger partial charge < -0.3 is 15.8 Å². The Morgan fingerprint density at radius 1 is 1.69 bits per heavy atom. The van der Waals surface area contributed by atoms with Crippen molar-refractivity contribution in [2.45, 2.75) is 20.0 Å². The molecule has 0 aromatic carbocycles. The molecule has 0 radical (unpaired) electrons. The molecule has 0 saturated heterocycles. The van der Waals surface area contributed by atoms with Crippen molar-refractivity contribution in [3.05, 3.63) is 23.4 Å². The topological polar surface area (TPSA) is 60.2 Å². The highest BCUT2D eigenvalue weighted by molar-refractivity contribution is 7.80. The van der Waals surface area contributed by atoms with Crippen LogP contribution in [0.5, 0.6) is 0 Å². The molecular formula is C11H17N3OS. The normalized spacial score (nSPS) is 12.2. The minimum atomic E-state index is 0.113. The first-order valence-corrected chi connectivity index (χ1v) is 5.49. The second kappa shape index (κ2) is 5.77. The molecule has 0 saturated carbocycles. The standard InChI is InChI=1S/C11H17N3OS/c1-7-4-5-13-11(9(7)10(12)16)14-6-8(2)15-3/h4-5,8H,6H2,1-3H3,(H2,12,16)(H,13,14). The second-order valence-corrected chi connectivity index (χ2v) is 4.08. The molecule has 0 aliphatic carbocycles. The van der Waals surface area contributed by atoms with Gasteiger partial charge in [0.2, 0.25) is 0 Å². The summed E-state index contributed by atoms with van der Waals surface area (Å²) in [5.74, 6) is 0.719. The first kappa shape index (κ1) is 12.9. The number of thiocarbonyl (C=S) groups is 1. The summed E-state index contributed by atoms with van der Waals surface area (Å²) in [6.45, 7) is 4.60. The van der Waals surface area contributed by atoms with Gasteiger partial charge in [-0.1, -0.05) is 12.2 Å². The molecule has 4 nitrogen and oxygen atoms in total. The van der Waals surface area contributed by atoms with Crippen LogP contribution in [0.2, 0.25) is 0 Å². The third-order valence-corrected chi connectivity index (χ3v) is 2.57. The zero-order valence-electron chi connectivity index (χ0n) is 9.78. The van der Waals surface area contributed by atoms with Crippen LogP contribution in [0.25, 0.3) is 0 Å². The minimum absolute atomic E-state index is 0.113. The van der Waals surface area contributed by atoms with Gasteiger partial charge in [-0.05, 0) is 25.5 Å². The Hall–Kier alpha value is -1.20. The van der Waals surface area contributed by atoms with E-state index >= 15 is 0 Å². The highest BCUT2D eigenvalue weighted by Crippen LogP contribution is 2.16. The lowest BCUT2D eigenvalue weighted by atomic mass is 10.1. The summed E-state index contributed by atoms with van der Waals surface area (Å²) in [4.78, 5) is 4.59. The number of anilines is 1. The highest BCUT2D eigenvalue weighted by atomic mass is 32.1. The molecule has 0 aliphatic rings. The van der Waals surface area contributed by atoms with Crippen LogP contribution in [-0.4, -0.2) is 29.7 Å². The fourth-order valence-electron chi connectivity index (χ4n) is 1.33. The average molecular weight is 239 g/mol. The maximum absolute atomic E-state index is 5.67. The molecule has 0 aliphatic heterocycles. The lowest BCUT2D eigenvalue weighted by Gasteiger charge is -2.15. The van der Waals surface area contributed by atoms with Gasteiger partial charge in [-0.3, -0.25) is 0 Å². The summed E-state index contributed by atoms with van der Waals surface area (Å²) in [5.41, 5.74) is 7.50. The number of ether oxygens (including phenoxy) is 1. The maximum atomic E-state index is 5.67. The number of rotatable bonds is 5. The Morgan fingerprint density at radius 3 is 2.94 bits per heavy atom. The van der Waals surface area contributed by atoms with Crippen LogP contribution in [-0.2, 0) is 4.74 Å². The summed E-state index contributed by atoms with van der Waals surface area (Å²) in [5, 5.41) is 3.18. The molecule has 0 bridgehead atoms. The third kappa shape index (κ3) is 3.15. The van der Waals surface area contributed by atoms with E-state index in [4.69, 9.17) is 22.7 Å². The fourth-order valence-corrected chi connectivity index (χ4v) is 1.58. The van der Waals surface area contributed by atoms with Crippen molar-refractivity contribution in [2.75, 3.05) is 19.0 Å². The minimum Gasteiger partial charge on any atom is -0.389 e. The van der Waals surface area contributed by atoms with Gasteiger partial charge >= 0.3 is 0 Å². The summed E-state index contributed by atoms with van der Waals surface area (Å²) < 4.78 is 5.15. The van der Waals surface area contributed by atoms with E-state index in [1.807, 2.05) is 19.9 Å². The Kier molecular flexibility index (Phi) is 4.64. The van der Waals surface area contributed by atoms with E-state index in [-0.39, 0.29) is 6.10 Å². The number of aryl methyl sites for hydroxylation is 1. The van der Waals surface area contributed by atoms with E-state index < -0.39 is 0 Å². The van der Waals surface area contributed by atoms with Crippen LogP contribution in [0.15, 0.2) is 12.3 Å². The lowest BCUT2D eigenvalue weighted by molar-refractivity contribution is 0.128. The summed E-state index contributed by atoms with van der Waals surface area (Å²) in [6.07, 6.45) is 1.85. The van der Waals surface area contributed by atoms with Crippen molar-refractivity contribution in [1.29, 1.82) is 0 Å². The van der Waals surface area contributed by atoms with E-state index in [2.05, 4.69) is 10.3 Å². The van der Waals surface area contributed by atoms with Crippen LogP contribution in [0.1, 0.15) is 18.1 Å². The van der Waals surface area contributed by atoms with Crippen molar-refractivity contribution in [3.8, 4) is 0 Å². The van der Waals surface area contributed by atoms with Gasteiger partial charge in [0, 0.05) is 19.9 Å². The molecule has 1 unspecified atom stereocenters. The van der Waals surface area contributed by atoms with E-state index in [0.717, 1.165) is 16.9 Å². The Bertz CT molecular complexity index is 381. The third-order valence-electron chi connectivity index (χ3n) is 2.37. The SMILES string of the molecule is COC(C)CNc1nccc(C)c1C(N)=S. The van der Waals surface area contributed by atoms with Crippen LogP contribution in [0.3, 0.4) is 0 Å². The first-order valence-electron chi connectivity index (χ1n) is 5.08. The van der Waals surface area contributed by atoms with Crippen molar-refractivity contribution in [2.24, 2.45) is 5.73 Å². The van der Waals surface area contributed by atoms with Gasteiger partial charge in [0.1, 0.15) is 10.8 Å². The molecule has 88 valence electrons. The Morgan fingerprint density at radius 2 is 2.38 bits per heavy atom. The monoisotopic (exact) mass is 239 g/mol. The van der Waals surface area contributed by atoms with Gasteiger partial charge in [0.15, 0.2) is 0 Å². The van der Waals surface area contributed by atoms with Crippen LogP contribution in [0, 0.1) is 6.92 Å². The van der Waals surface area contributed by atoms with Gasteiger partial charge in [-0.2, -0.15) is 0 Å². The Labute approximate surface area is 101 Å². The number of methoxy groups -OCH3 is 1. The number of nitrogens with two attached hydrogens (primary N) is 1. The molecule has 16 heavy (non-hydrogen) atoms. The number of pyridine rings is 1. The molecular weight excluding hydrogens is 222 g/mol. The lowest BCUT2D eigenvalue weighted by Crippen LogP contribution is -2.22. The van der Waals surface area contributed by atoms with Crippen LogP contribution < -0.4 is 11.1 Å². The summed E-state index contributed by atoms with van der Waals surface area (Å²) in [7, 11) is 1.67. The van der Waals surface area contributed by atoms with Crippen molar-refractivity contribution < 1.29 is 4.74 Å². The van der Waals surface area contributed by atoms with Crippen LogP contribution in [0.4, 0.5) is 5.82 Å². The predicted octanol–water partition coefficient (Wildman–Crippen LogP) is 1.47. The molecule has 0 amide bonds. The average Bonchev–Trinajstić information content (AvgIpc) is 2.25. The zero-order chi connectivity index (χ0) is 12.1. The van der Waals surface area contributed by atoms with Crippen molar-refractivity contribution >= 4 is 23.0 Å². The molecule has 1 aromatic rings. The second-order valence-electron chi connectivity index (χ2n) is 3.64. The molecule has 1 aromatic heterocycles. The number of nitrogens with zero attached hydrogens (tertiary/aromatic N) is 1. The van der Waals surface area contributed by atoms with Gasteiger partial charge in [0.25, 0.3) is 0 Å². The molecule has 0 spiro atoms. The maximum Gasteiger partial charge on any atom is 0.136 e. The first-order chi connectivity index (χ1) is 7.56. The largest absolute Gasteiger partial charge is 0.389 e. The van der Waals surface area contributed by atoms with E-state index in [1.54, 1.807) is 13.3 Å². The highest BCUT2D eigenvalue weighted by Gasteiger charge is 2.10. The van der Waals surface area contributed by atoms with Gasteiger partial charge in [-0.15, -0.1) is 0 Å². The number of hydrogen-bond donors (Lipinski definition) is 2. The smallest absolute Gasteiger partial charge is 0.136 e. The van der Waals surface area contributed by atoms with E-state index in [1.165, 1.54) is 0 Å². The predicted molar refractivity (Wildman–Crippen MR) is 69.8 cm³/mol. The Balaban J connectivity index is 2.87. The quantitative estimate of drug-likeness (QED) is 0.762. The zero-order valence-corrected chi connectivity index (χ0v) is 10.6. The molecule has 1 heterocycles. The molecule has 0 fully saturated rings. The summed E-state index contributed by atoms with van der Waals surface area (Å²) >= 11 is 5.01. The van der Waals surface area contributed by atoms with Gasteiger partial charge in [0.05, 0.1) is 11.7 Å². The molecule has 1 atom stereocenters. The fraction of sp³-hybridized carbons (Fsp3) is 0.455. The summed E-state index contributed by atoms with van der Waals surface area (Å²) in [6, 6.07) is 1.89. The number of hydrogen-bond acceptors (Lipinski definition) is 4. The molecule has 5 heteroatoms. The number of aromatic nitrogens is 1. The van der Waals surface area contributed by atoms with Crippen molar-refractivity contribution in [3.63, 3.8) is 0 Å². The van der Waals surface area contributed by atoms with E-state index in [0.29, 0.717) is 11.5 Å². The van der Waals surface area contributed by atoms with Crippen molar-refractivity contribution in [1.82, 2.24) is 4.98 Å². The molecule has 1 rings (SSSR count). The van der Waals surface area contributed by atoms with Crippen LogP contribution >= 0.6 is 12.2 Å².